The normalized spacial score (nSPS) is 11.1. The summed E-state index contributed by atoms with van der Waals surface area (Å²) in [5.41, 5.74) is 8.02. The average Bonchev–Trinajstić information content (AvgIpc) is 3.54. The number of aryl methyl sites for hydroxylation is 2. The molecule has 0 saturated heterocycles. The third-order valence-electron chi connectivity index (χ3n) is 8.35. The van der Waals surface area contributed by atoms with Crippen LogP contribution < -0.4 is 10.4 Å². The summed E-state index contributed by atoms with van der Waals surface area (Å²) in [6.07, 6.45) is 0. The van der Waals surface area contributed by atoms with E-state index in [0.717, 1.165) is 0 Å². The SMILES string of the molecule is CC[Si](C)(c1cc2c(-c3ccccc3C)cccc2[cH-]1)c1cc2c(-c3ccccc3C)cccc2[cH-]1.[CH3-].[CH3-].[Hf+4]. The van der Waals surface area contributed by atoms with Crippen LogP contribution in [0.3, 0.4) is 0 Å². The van der Waals surface area contributed by atoms with Crippen molar-refractivity contribution in [1.29, 1.82) is 0 Å². The van der Waals surface area contributed by atoms with E-state index in [2.05, 4.69) is 137 Å². The predicted molar refractivity (Wildman–Crippen MR) is 174 cm³/mol. The standard InChI is InChI=1S/C35H32Si.2CH3.Hf/c1-5-36(4,28-20-26-14-10-18-32(34(26)22-28)30-16-8-6-12-24(30)2)29-21-27-15-11-19-33(35(27)23-29)31-17-9-7-13-25(31)3;;;/h6-23H,5H2,1-4H3;2*1H3;/q-2;2*-1;+4. The molecule has 0 aliphatic heterocycles. The van der Waals surface area contributed by atoms with Crippen molar-refractivity contribution < 1.29 is 25.8 Å². The Morgan fingerprint density at radius 2 is 0.949 bits per heavy atom. The third kappa shape index (κ3) is 5.22. The quantitative estimate of drug-likeness (QED) is 0.125. The molecule has 6 aromatic carbocycles. The van der Waals surface area contributed by atoms with Crippen LogP contribution in [-0.2, 0) is 25.8 Å². The van der Waals surface area contributed by atoms with Gasteiger partial charge in [-0.15, -0.1) is 68.3 Å². The molecule has 0 aliphatic carbocycles. The molecule has 0 fully saturated rings. The summed E-state index contributed by atoms with van der Waals surface area (Å²) in [6, 6.07) is 42.2. The first-order valence-corrected chi connectivity index (χ1v) is 15.7. The Balaban J connectivity index is 0.00000140. The second-order valence-electron chi connectivity index (χ2n) is 10.4. The third-order valence-corrected chi connectivity index (χ3v) is 12.9. The molecule has 0 bridgehead atoms. The van der Waals surface area contributed by atoms with E-state index in [9.17, 15) is 0 Å². The number of benzene rings is 4. The zero-order valence-electron chi connectivity index (χ0n) is 24.1. The summed E-state index contributed by atoms with van der Waals surface area (Å²) >= 11 is 0. The first-order chi connectivity index (χ1) is 17.5. The molecular weight excluding hydrogens is 651 g/mol. The van der Waals surface area contributed by atoms with E-state index in [-0.39, 0.29) is 40.7 Å². The van der Waals surface area contributed by atoms with Crippen LogP contribution >= 0.6 is 0 Å². The molecule has 0 radical (unpaired) electrons. The van der Waals surface area contributed by atoms with Crippen molar-refractivity contribution in [3.05, 3.63) is 135 Å². The smallest absolute Gasteiger partial charge is 0.358 e. The molecule has 0 atom stereocenters. The summed E-state index contributed by atoms with van der Waals surface area (Å²) < 4.78 is 0. The van der Waals surface area contributed by atoms with Gasteiger partial charge in [0.25, 0.3) is 0 Å². The molecule has 2 heteroatoms. The summed E-state index contributed by atoms with van der Waals surface area (Å²) in [4.78, 5) is 0. The van der Waals surface area contributed by atoms with Gasteiger partial charge >= 0.3 is 25.8 Å². The van der Waals surface area contributed by atoms with Gasteiger partial charge in [0.15, 0.2) is 0 Å². The zero-order valence-corrected chi connectivity index (χ0v) is 28.7. The minimum absolute atomic E-state index is 0. The molecule has 0 aromatic heterocycles. The molecule has 0 nitrogen and oxygen atoms in total. The minimum atomic E-state index is -1.92. The fourth-order valence-electron chi connectivity index (χ4n) is 5.90. The van der Waals surface area contributed by atoms with Gasteiger partial charge in [-0.2, -0.15) is 12.1 Å². The van der Waals surface area contributed by atoms with E-state index in [1.807, 2.05) is 0 Å². The van der Waals surface area contributed by atoms with Gasteiger partial charge in [0.1, 0.15) is 0 Å². The molecular formula is C37H38HfSi. The average molecular weight is 689 g/mol. The maximum absolute atomic E-state index is 2.55. The van der Waals surface area contributed by atoms with Gasteiger partial charge in [0.2, 0.25) is 0 Å². The van der Waals surface area contributed by atoms with E-state index >= 15 is 0 Å². The van der Waals surface area contributed by atoms with E-state index in [4.69, 9.17) is 0 Å². The van der Waals surface area contributed by atoms with E-state index in [0.29, 0.717) is 0 Å². The number of hydrogen-bond donors (Lipinski definition) is 0. The van der Waals surface area contributed by atoms with Gasteiger partial charge < -0.3 is 14.9 Å². The second kappa shape index (κ2) is 12.1. The van der Waals surface area contributed by atoms with Crippen LogP contribution in [0.15, 0.2) is 109 Å². The fraction of sp³-hybridized carbons (Fsp3) is 0.135. The van der Waals surface area contributed by atoms with Crippen molar-refractivity contribution >= 4 is 40.0 Å². The van der Waals surface area contributed by atoms with Crippen molar-refractivity contribution in [2.45, 2.75) is 33.4 Å². The van der Waals surface area contributed by atoms with Crippen LogP contribution in [-0.4, -0.2) is 8.07 Å². The molecule has 0 spiro atoms. The van der Waals surface area contributed by atoms with E-state index in [1.54, 1.807) is 0 Å². The fourth-order valence-corrected chi connectivity index (χ4v) is 8.93. The van der Waals surface area contributed by atoms with Crippen molar-refractivity contribution in [2.75, 3.05) is 0 Å². The molecule has 0 N–H and O–H groups in total. The van der Waals surface area contributed by atoms with Crippen LogP contribution in [0.1, 0.15) is 18.1 Å². The maximum atomic E-state index is 2.55. The van der Waals surface area contributed by atoms with Crippen LogP contribution in [0.5, 0.6) is 0 Å². The second-order valence-corrected chi connectivity index (χ2v) is 14.9. The Morgan fingerprint density at radius 3 is 1.33 bits per heavy atom. The van der Waals surface area contributed by atoms with Crippen LogP contribution in [0.2, 0.25) is 12.6 Å². The Hall–Kier alpha value is -2.81. The first-order valence-electron chi connectivity index (χ1n) is 13.0. The van der Waals surface area contributed by atoms with Crippen LogP contribution in [0.25, 0.3) is 43.8 Å². The Labute approximate surface area is 255 Å². The molecule has 194 valence electrons. The monoisotopic (exact) mass is 690 g/mol. The molecule has 6 rings (SSSR count). The van der Waals surface area contributed by atoms with E-state index in [1.165, 1.54) is 71.3 Å². The largest absolute Gasteiger partial charge is 4.00 e. The van der Waals surface area contributed by atoms with Crippen molar-refractivity contribution in [1.82, 2.24) is 0 Å². The molecule has 0 saturated carbocycles. The Bertz CT molecular complexity index is 1590. The Kier molecular flexibility index (Phi) is 9.57. The topological polar surface area (TPSA) is 0 Å². The van der Waals surface area contributed by atoms with Crippen LogP contribution in [0, 0.1) is 28.7 Å². The Morgan fingerprint density at radius 1 is 0.564 bits per heavy atom. The molecule has 6 aromatic rings. The number of rotatable bonds is 5. The van der Waals surface area contributed by atoms with Crippen LogP contribution in [0.4, 0.5) is 0 Å². The maximum Gasteiger partial charge on any atom is 4.00 e. The molecule has 0 heterocycles. The first kappa shape index (κ1) is 30.7. The van der Waals surface area contributed by atoms with E-state index < -0.39 is 8.07 Å². The van der Waals surface area contributed by atoms with Gasteiger partial charge in [-0.05, 0) is 36.1 Å². The van der Waals surface area contributed by atoms with Gasteiger partial charge in [-0.25, -0.2) is 0 Å². The van der Waals surface area contributed by atoms with Crippen molar-refractivity contribution in [3.63, 3.8) is 0 Å². The summed E-state index contributed by atoms with van der Waals surface area (Å²) in [7, 11) is -1.92. The predicted octanol–water partition coefficient (Wildman–Crippen LogP) is 9.49. The van der Waals surface area contributed by atoms with Gasteiger partial charge in [-0.3, -0.25) is 0 Å². The van der Waals surface area contributed by atoms with Gasteiger partial charge in [0, 0.05) is 0 Å². The summed E-state index contributed by atoms with van der Waals surface area (Å²) in [6.45, 7) is 9.36. The number of hydrogen-bond acceptors (Lipinski definition) is 0. The minimum Gasteiger partial charge on any atom is -0.358 e. The van der Waals surface area contributed by atoms with Crippen molar-refractivity contribution in [2.24, 2.45) is 0 Å². The van der Waals surface area contributed by atoms with Gasteiger partial charge in [-0.1, -0.05) is 91.3 Å². The number of fused-ring (bicyclic) bond motifs is 2. The molecule has 39 heavy (non-hydrogen) atoms. The summed E-state index contributed by atoms with van der Waals surface area (Å²) in [5.74, 6) is 0. The molecule has 0 amide bonds. The summed E-state index contributed by atoms with van der Waals surface area (Å²) in [5, 5.41) is 8.54. The van der Waals surface area contributed by atoms with Crippen molar-refractivity contribution in [3.8, 4) is 22.3 Å². The van der Waals surface area contributed by atoms with Gasteiger partial charge in [0.05, 0.1) is 8.07 Å². The molecule has 0 unspecified atom stereocenters. The molecule has 0 aliphatic rings. The zero-order chi connectivity index (χ0) is 24.9.